The molecule has 2 aliphatic rings. The van der Waals surface area contributed by atoms with Crippen molar-refractivity contribution in [3.8, 4) is 0 Å². The van der Waals surface area contributed by atoms with Crippen LogP contribution in [-0.2, 0) is 14.3 Å². The fraction of sp³-hybridized carbons (Fsp3) is 0.889. The van der Waals surface area contributed by atoms with Crippen LogP contribution in [0.1, 0.15) is 46.0 Å². The lowest BCUT2D eigenvalue weighted by Crippen LogP contribution is -2.46. The molecular formula is C18H34O10. The molecule has 0 aromatic heterocycles. The van der Waals surface area contributed by atoms with Crippen molar-refractivity contribution in [3.63, 3.8) is 0 Å². The third-order valence-corrected chi connectivity index (χ3v) is 4.62. The molecule has 0 heterocycles. The summed E-state index contributed by atoms with van der Waals surface area (Å²) in [6.07, 6.45) is -3.63. The van der Waals surface area contributed by atoms with Gasteiger partial charge in [0.05, 0.1) is 42.9 Å². The van der Waals surface area contributed by atoms with E-state index in [4.69, 9.17) is 30.3 Å². The van der Waals surface area contributed by atoms with E-state index in [-0.39, 0.29) is 32.5 Å². The van der Waals surface area contributed by atoms with Crippen LogP contribution < -0.4 is 0 Å². The number of aliphatic hydroxyl groups excluding tert-OH is 6. The molecule has 5 atom stereocenters. The number of carbonyl (C=O) groups excluding carboxylic acids is 1. The molecule has 2 saturated carbocycles. The number of carboxylic acids is 1. The summed E-state index contributed by atoms with van der Waals surface area (Å²) in [4.78, 5) is 21.7. The molecule has 10 nitrogen and oxygen atoms in total. The summed E-state index contributed by atoms with van der Waals surface area (Å²) in [5.74, 6) is -2.83. The van der Waals surface area contributed by atoms with Crippen molar-refractivity contribution in [2.24, 2.45) is 11.8 Å². The smallest absolute Gasteiger partial charge is 0.311 e. The molecule has 0 radical (unpaired) electrons. The molecule has 0 saturated heterocycles. The predicted molar refractivity (Wildman–Crippen MR) is 97.1 cm³/mol. The van der Waals surface area contributed by atoms with Gasteiger partial charge in [0.25, 0.3) is 0 Å². The summed E-state index contributed by atoms with van der Waals surface area (Å²) in [7, 11) is 0. The number of rotatable bonds is 4. The molecule has 0 spiro atoms. The first-order valence-corrected chi connectivity index (χ1v) is 9.58. The molecule has 2 aliphatic carbocycles. The van der Waals surface area contributed by atoms with Gasteiger partial charge in [0.2, 0.25) is 0 Å². The zero-order valence-corrected chi connectivity index (χ0v) is 16.3. The van der Waals surface area contributed by atoms with Crippen molar-refractivity contribution >= 4 is 11.9 Å². The minimum atomic E-state index is -1.21. The highest BCUT2D eigenvalue weighted by molar-refractivity contribution is 5.73. The Bertz CT molecular complexity index is 446. The summed E-state index contributed by atoms with van der Waals surface area (Å²) >= 11 is 0. The van der Waals surface area contributed by atoms with E-state index in [9.17, 15) is 19.8 Å². The van der Waals surface area contributed by atoms with E-state index in [0.29, 0.717) is 12.8 Å². The van der Waals surface area contributed by atoms with Gasteiger partial charge >= 0.3 is 11.9 Å². The minimum Gasteiger partial charge on any atom is -0.481 e. The Hall–Kier alpha value is -1.30. The monoisotopic (exact) mass is 410 g/mol. The summed E-state index contributed by atoms with van der Waals surface area (Å²) in [6, 6.07) is 0. The van der Waals surface area contributed by atoms with E-state index in [0.717, 1.165) is 0 Å². The zero-order chi connectivity index (χ0) is 21.9. The molecule has 7 N–H and O–H groups in total. The van der Waals surface area contributed by atoms with Crippen LogP contribution in [0.3, 0.4) is 0 Å². The van der Waals surface area contributed by atoms with Crippen LogP contribution in [0, 0.1) is 11.8 Å². The van der Waals surface area contributed by atoms with E-state index in [1.165, 1.54) is 0 Å². The molecular weight excluding hydrogens is 376 g/mol. The Morgan fingerprint density at radius 1 is 0.893 bits per heavy atom. The van der Waals surface area contributed by atoms with E-state index in [1.807, 2.05) is 13.8 Å². The Labute approximate surface area is 164 Å². The van der Waals surface area contributed by atoms with Crippen molar-refractivity contribution in [2.75, 3.05) is 13.2 Å². The van der Waals surface area contributed by atoms with Gasteiger partial charge in [-0.15, -0.1) is 0 Å². The largest absolute Gasteiger partial charge is 0.481 e. The van der Waals surface area contributed by atoms with Crippen LogP contribution in [0.5, 0.6) is 0 Å². The van der Waals surface area contributed by atoms with Crippen LogP contribution in [0.2, 0.25) is 0 Å². The number of ether oxygens (including phenoxy) is 1. The molecule has 0 bridgehead atoms. The topological polar surface area (TPSA) is 185 Å². The molecule has 0 amide bonds. The molecule has 28 heavy (non-hydrogen) atoms. The number of esters is 1. The predicted octanol–water partition coefficient (Wildman–Crippen LogP) is -1.37. The third kappa shape index (κ3) is 8.80. The van der Waals surface area contributed by atoms with Crippen LogP contribution in [0.25, 0.3) is 0 Å². The average Bonchev–Trinajstić information content (AvgIpc) is 2.65. The summed E-state index contributed by atoms with van der Waals surface area (Å²) in [5.41, 5.74) is 0. The fourth-order valence-corrected chi connectivity index (χ4v) is 3.07. The molecule has 5 unspecified atom stereocenters. The second kappa shape index (κ2) is 13.8. The maximum Gasteiger partial charge on any atom is 0.311 e. The number of hydrogen-bond donors (Lipinski definition) is 7. The van der Waals surface area contributed by atoms with Gasteiger partial charge in [-0.05, 0) is 25.7 Å². The van der Waals surface area contributed by atoms with E-state index < -0.39 is 54.3 Å². The average molecular weight is 410 g/mol. The van der Waals surface area contributed by atoms with E-state index in [1.54, 1.807) is 0 Å². The fourth-order valence-electron chi connectivity index (χ4n) is 3.07. The first kappa shape index (κ1) is 26.7. The lowest BCUT2D eigenvalue weighted by atomic mass is 9.83. The summed E-state index contributed by atoms with van der Waals surface area (Å²) in [5, 5.41) is 62.9. The van der Waals surface area contributed by atoms with Gasteiger partial charge in [-0.2, -0.15) is 0 Å². The molecule has 0 aromatic rings. The summed E-state index contributed by atoms with van der Waals surface area (Å²) in [6.45, 7) is 3.75. The molecule has 2 fully saturated rings. The Morgan fingerprint density at radius 2 is 1.43 bits per heavy atom. The van der Waals surface area contributed by atoms with Gasteiger partial charge in [0.1, 0.15) is 12.7 Å². The van der Waals surface area contributed by atoms with Gasteiger partial charge in [-0.25, -0.2) is 0 Å². The van der Waals surface area contributed by atoms with E-state index in [2.05, 4.69) is 0 Å². The summed E-state index contributed by atoms with van der Waals surface area (Å²) < 4.78 is 4.71. The second-order valence-electron chi connectivity index (χ2n) is 6.66. The van der Waals surface area contributed by atoms with Crippen molar-refractivity contribution in [3.05, 3.63) is 0 Å². The highest BCUT2D eigenvalue weighted by Gasteiger charge is 2.37. The van der Waals surface area contributed by atoms with Crippen molar-refractivity contribution in [2.45, 2.75) is 76.5 Å². The molecule has 0 aromatic carbocycles. The number of carbonyl (C=O) groups is 2. The number of hydrogen-bond acceptors (Lipinski definition) is 9. The Balaban J connectivity index is 0.000000483. The molecule has 0 aliphatic heterocycles. The van der Waals surface area contributed by atoms with Gasteiger partial charge in [-0.1, -0.05) is 13.8 Å². The number of carboxylic acid groups (broad SMARTS) is 1. The van der Waals surface area contributed by atoms with Gasteiger partial charge in [-0.3, -0.25) is 9.59 Å². The SMILES string of the molecule is CC.O=C(O)C1CC(O)C(O)C(O)C1.O=C(OCCO)C1CCC(O)CC1O. The molecule has 10 heteroatoms. The lowest BCUT2D eigenvalue weighted by Gasteiger charge is -2.31. The zero-order valence-electron chi connectivity index (χ0n) is 16.3. The first-order chi connectivity index (χ1) is 13.2. The standard InChI is InChI=1S/C9H16O5.C7H12O5.C2H6/c10-3-4-14-9(13)7-2-1-6(11)5-8(7)12;8-4-1-3(7(11)12)2-5(9)6(4)10;1-2/h6-8,10-12H,1-5H2;3-6,8-10H,1-2H2,(H,11,12);1-2H3. The second-order valence-corrected chi connectivity index (χ2v) is 6.66. The normalized spacial score (nSPS) is 34.8. The van der Waals surface area contributed by atoms with E-state index >= 15 is 0 Å². The highest BCUT2D eigenvalue weighted by Crippen LogP contribution is 2.26. The van der Waals surface area contributed by atoms with Crippen molar-refractivity contribution in [1.29, 1.82) is 0 Å². The van der Waals surface area contributed by atoms with Gasteiger partial charge in [0, 0.05) is 6.42 Å². The Morgan fingerprint density at radius 3 is 1.86 bits per heavy atom. The van der Waals surface area contributed by atoms with Gasteiger partial charge in [0.15, 0.2) is 0 Å². The highest BCUT2D eigenvalue weighted by atomic mass is 16.5. The van der Waals surface area contributed by atoms with Crippen LogP contribution in [0.15, 0.2) is 0 Å². The van der Waals surface area contributed by atoms with Crippen molar-refractivity contribution < 1.29 is 50.1 Å². The maximum absolute atomic E-state index is 11.3. The quantitative estimate of drug-likeness (QED) is 0.273. The molecule has 2 rings (SSSR count). The third-order valence-electron chi connectivity index (χ3n) is 4.62. The van der Waals surface area contributed by atoms with Crippen LogP contribution in [0.4, 0.5) is 0 Å². The van der Waals surface area contributed by atoms with Crippen LogP contribution >= 0.6 is 0 Å². The first-order valence-electron chi connectivity index (χ1n) is 9.58. The molecule has 166 valence electrons. The van der Waals surface area contributed by atoms with Crippen molar-refractivity contribution in [1.82, 2.24) is 0 Å². The van der Waals surface area contributed by atoms with Crippen LogP contribution in [-0.4, -0.2) is 91.4 Å². The Kier molecular flexibility index (Phi) is 13.2. The van der Waals surface area contributed by atoms with Gasteiger partial charge < -0.3 is 40.5 Å². The number of aliphatic carboxylic acids is 1. The minimum absolute atomic E-state index is 0.00750. The maximum atomic E-state index is 11.3. The number of aliphatic hydroxyl groups is 6. The lowest BCUT2D eigenvalue weighted by molar-refractivity contribution is -0.157.